The zero-order valence-corrected chi connectivity index (χ0v) is 9.17. The molecule has 18 heavy (non-hydrogen) atoms. The van der Waals surface area contributed by atoms with Crippen LogP contribution in [0.5, 0.6) is 0 Å². The lowest BCUT2D eigenvalue weighted by atomic mass is 10.2. The van der Waals surface area contributed by atoms with Crippen molar-refractivity contribution in [1.82, 2.24) is 10.6 Å². The number of carbonyl (C=O) groups excluding carboxylic acids is 3. The Hall–Kier alpha value is -2.70. The molecule has 94 valence electrons. The molecule has 7 nitrogen and oxygen atoms in total. The number of rotatable bonds is 1. The Morgan fingerprint density at radius 2 is 1.50 bits per heavy atom. The number of carboxylic acid groups (broad SMARTS) is 1. The predicted octanol–water partition coefficient (Wildman–Crippen LogP) is 0.127. The molecule has 1 aromatic rings. The third-order valence-corrected chi connectivity index (χ3v) is 1.85. The molecule has 7 heteroatoms. The average Bonchev–Trinajstić information content (AvgIpc) is 2.29. The van der Waals surface area contributed by atoms with Gasteiger partial charge < -0.3 is 5.11 Å². The minimum Gasteiger partial charge on any atom is -0.478 e. The summed E-state index contributed by atoms with van der Waals surface area (Å²) in [5.74, 6) is -1.98. The van der Waals surface area contributed by atoms with Crippen LogP contribution in [0.4, 0.5) is 4.79 Å². The third-order valence-electron chi connectivity index (χ3n) is 1.85. The van der Waals surface area contributed by atoms with Gasteiger partial charge in [-0.25, -0.2) is 9.59 Å². The van der Waals surface area contributed by atoms with Crippen LogP contribution in [0.25, 0.3) is 0 Å². The Labute approximate surface area is 102 Å². The minimum atomic E-state index is -0.879. The summed E-state index contributed by atoms with van der Waals surface area (Å²) >= 11 is 0. The standard InChI is InChI=1S/C7H6O2.C4H4N2O3/c8-7(9)6-4-2-1-3-5-6;7-2-1-3(8)6-4(9)5-2/h1-5H,(H,8,9);1H2,(H2,5,6,7,8,9). The van der Waals surface area contributed by atoms with E-state index in [1.54, 1.807) is 30.3 Å². The van der Waals surface area contributed by atoms with Crippen molar-refractivity contribution in [2.24, 2.45) is 0 Å². The number of urea groups is 1. The van der Waals surface area contributed by atoms with Crippen LogP contribution < -0.4 is 10.6 Å². The molecular weight excluding hydrogens is 240 g/mol. The van der Waals surface area contributed by atoms with Gasteiger partial charge in [-0.2, -0.15) is 0 Å². The first-order valence-corrected chi connectivity index (χ1v) is 4.91. The van der Waals surface area contributed by atoms with Crippen molar-refractivity contribution in [2.45, 2.75) is 6.42 Å². The summed E-state index contributed by atoms with van der Waals surface area (Å²) in [5, 5.41) is 12.2. The van der Waals surface area contributed by atoms with Crippen LogP contribution in [0.2, 0.25) is 0 Å². The van der Waals surface area contributed by atoms with Gasteiger partial charge in [-0.3, -0.25) is 20.2 Å². The molecular formula is C11H10N2O5. The number of aromatic carboxylic acids is 1. The topological polar surface area (TPSA) is 113 Å². The quantitative estimate of drug-likeness (QED) is 0.613. The van der Waals surface area contributed by atoms with Crippen molar-refractivity contribution in [2.75, 3.05) is 0 Å². The van der Waals surface area contributed by atoms with Gasteiger partial charge in [0.25, 0.3) is 0 Å². The van der Waals surface area contributed by atoms with Gasteiger partial charge in [-0.1, -0.05) is 18.2 Å². The number of barbiturate groups is 1. The van der Waals surface area contributed by atoms with Crippen molar-refractivity contribution < 1.29 is 24.3 Å². The summed E-state index contributed by atoms with van der Waals surface area (Å²) in [7, 11) is 0. The van der Waals surface area contributed by atoms with Crippen LogP contribution in [0.15, 0.2) is 30.3 Å². The van der Waals surface area contributed by atoms with Crippen molar-refractivity contribution in [3.05, 3.63) is 35.9 Å². The molecule has 0 spiro atoms. The molecule has 1 fully saturated rings. The second-order valence-corrected chi connectivity index (χ2v) is 3.27. The molecule has 0 bridgehead atoms. The molecule has 1 aliphatic heterocycles. The van der Waals surface area contributed by atoms with E-state index in [1.165, 1.54) is 0 Å². The van der Waals surface area contributed by atoms with Crippen LogP contribution in [-0.4, -0.2) is 28.9 Å². The summed E-state index contributed by atoms with van der Waals surface area (Å²) < 4.78 is 0. The van der Waals surface area contributed by atoms with Gasteiger partial charge in [0.15, 0.2) is 0 Å². The van der Waals surface area contributed by atoms with Crippen molar-refractivity contribution in [1.29, 1.82) is 0 Å². The fourth-order valence-electron chi connectivity index (χ4n) is 1.10. The number of nitrogens with one attached hydrogen (secondary N) is 2. The first kappa shape index (κ1) is 13.4. The summed E-state index contributed by atoms with van der Waals surface area (Å²) in [6.45, 7) is 0. The first-order chi connectivity index (χ1) is 8.49. The molecule has 2 rings (SSSR count). The first-order valence-electron chi connectivity index (χ1n) is 4.91. The van der Waals surface area contributed by atoms with E-state index >= 15 is 0 Å². The lowest BCUT2D eigenvalue weighted by molar-refractivity contribution is -0.129. The van der Waals surface area contributed by atoms with E-state index in [0.29, 0.717) is 5.56 Å². The number of carboxylic acids is 1. The normalized spacial score (nSPS) is 13.9. The summed E-state index contributed by atoms with van der Waals surface area (Å²) in [6.07, 6.45) is -0.258. The fourth-order valence-corrected chi connectivity index (χ4v) is 1.10. The number of hydrogen-bond donors (Lipinski definition) is 3. The van der Waals surface area contributed by atoms with Gasteiger partial charge in [0.1, 0.15) is 6.42 Å². The summed E-state index contributed by atoms with van der Waals surface area (Å²) in [5.41, 5.74) is 0.331. The average molecular weight is 250 g/mol. The number of carbonyl (C=O) groups is 4. The highest BCUT2D eigenvalue weighted by atomic mass is 16.4. The zero-order valence-electron chi connectivity index (χ0n) is 9.17. The van der Waals surface area contributed by atoms with Crippen LogP contribution in [0, 0.1) is 0 Å². The van der Waals surface area contributed by atoms with Gasteiger partial charge >= 0.3 is 12.0 Å². The number of benzene rings is 1. The molecule has 3 N–H and O–H groups in total. The van der Waals surface area contributed by atoms with E-state index in [-0.39, 0.29) is 6.42 Å². The molecule has 0 unspecified atom stereocenters. The van der Waals surface area contributed by atoms with Crippen LogP contribution >= 0.6 is 0 Å². The van der Waals surface area contributed by atoms with Gasteiger partial charge in [-0.05, 0) is 12.1 Å². The minimum absolute atomic E-state index is 0.258. The SMILES string of the molecule is O=C(O)c1ccccc1.O=C1CC(=O)NC(=O)N1. The Morgan fingerprint density at radius 1 is 1.00 bits per heavy atom. The molecule has 1 aliphatic rings. The molecule has 0 saturated carbocycles. The van der Waals surface area contributed by atoms with E-state index in [4.69, 9.17) is 5.11 Å². The highest BCUT2D eigenvalue weighted by Gasteiger charge is 2.20. The van der Waals surface area contributed by atoms with E-state index in [0.717, 1.165) is 0 Å². The second kappa shape index (κ2) is 6.14. The van der Waals surface area contributed by atoms with Crippen LogP contribution in [-0.2, 0) is 9.59 Å². The monoisotopic (exact) mass is 250 g/mol. The van der Waals surface area contributed by atoms with Crippen molar-refractivity contribution in [3.63, 3.8) is 0 Å². The lowest BCUT2D eigenvalue weighted by Gasteiger charge is -2.09. The molecule has 1 heterocycles. The maximum Gasteiger partial charge on any atom is 0.335 e. The van der Waals surface area contributed by atoms with Crippen LogP contribution in [0.3, 0.4) is 0 Å². The molecule has 0 aliphatic carbocycles. The van der Waals surface area contributed by atoms with Crippen LogP contribution in [0.1, 0.15) is 16.8 Å². The van der Waals surface area contributed by atoms with Gasteiger partial charge in [0.05, 0.1) is 5.56 Å². The molecule has 0 atom stereocenters. The number of imide groups is 2. The van der Waals surface area contributed by atoms with Crippen molar-refractivity contribution >= 4 is 23.8 Å². The van der Waals surface area contributed by atoms with Gasteiger partial charge in [0.2, 0.25) is 11.8 Å². The van der Waals surface area contributed by atoms with E-state index in [2.05, 4.69) is 0 Å². The lowest BCUT2D eigenvalue weighted by Crippen LogP contribution is -2.49. The Bertz CT molecular complexity index is 438. The molecule has 0 aromatic heterocycles. The second-order valence-electron chi connectivity index (χ2n) is 3.27. The highest BCUT2D eigenvalue weighted by molar-refractivity contribution is 6.14. The highest BCUT2D eigenvalue weighted by Crippen LogP contribution is 1.96. The van der Waals surface area contributed by atoms with E-state index < -0.39 is 23.8 Å². The zero-order chi connectivity index (χ0) is 13.5. The van der Waals surface area contributed by atoms with Gasteiger partial charge in [0, 0.05) is 0 Å². The molecule has 1 saturated heterocycles. The van der Waals surface area contributed by atoms with E-state index in [1.807, 2.05) is 10.6 Å². The fraction of sp³-hybridized carbons (Fsp3) is 0.0909. The maximum absolute atomic E-state index is 10.3. The maximum atomic E-state index is 10.3. The smallest absolute Gasteiger partial charge is 0.335 e. The Morgan fingerprint density at radius 3 is 1.83 bits per heavy atom. The number of amides is 4. The number of hydrogen-bond acceptors (Lipinski definition) is 4. The molecule has 1 aromatic carbocycles. The molecule has 0 radical (unpaired) electrons. The van der Waals surface area contributed by atoms with Crippen molar-refractivity contribution in [3.8, 4) is 0 Å². The summed E-state index contributed by atoms with van der Waals surface area (Å²) in [4.78, 5) is 41.0. The summed E-state index contributed by atoms with van der Waals surface area (Å²) in [6, 6.07) is 7.56. The Balaban J connectivity index is 0.000000180. The van der Waals surface area contributed by atoms with Gasteiger partial charge in [-0.15, -0.1) is 0 Å². The predicted molar refractivity (Wildman–Crippen MR) is 59.7 cm³/mol. The Kier molecular flexibility index (Phi) is 4.56. The largest absolute Gasteiger partial charge is 0.478 e. The molecule has 4 amide bonds. The van der Waals surface area contributed by atoms with E-state index in [9.17, 15) is 19.2 Å². The third kappa shape index (κ3) is 4.44.